The van der Waals surface area contributed by atoms with Gasteiger partial charge in [0.25, 0.3) is 0 Å². The Balaban J connectivity index is 1.91. The second-order valence-corrected chi connectivity index (χ2v) is 7.91. The zero-order chi connectivity index (χ0) is 19.1. The first kappa shape index (κ1) is 18.3. The number of amides is 1. The van der Waals surface area contributed by atoms with E-state index in [1.165, 1.54) is 0 Å². The molecule has 1 heterocycles. The summed E-state index contributed by atoms with van der Waals surface area (Å²) in [6, 6.07) is 7.23. The summed E-state index contributed by atoms with van der Waals surface area (Å²) >= 11 is 0. The Morgan fingerprint density at radius 1 is 1.31 bits per heavy atom. The van der Waals surface area contributed by atoms with Gasteiger partial charge in [-0.05, 0) is 58.6 Å². The minimum Gasteiger partial charge on any atom is -0.480 e. The van der Waals surface area contributed by atoms with Crippen LogP contribution in [0.4, 0.5) is 4.79 Å². The number of carboxylic acid groups (broad SMARTS) is 1. The number of aromatic nitrogens is 1. The molecule has 1 aliphatic rings. The van der Waals surface area contributed by atoms with E-state index in [0.717, 1.165) is 35.0 Å². The summed E-state index contributed by atoms with van der Waals surface area (Å²) in [6.07, 6.45) is 1.75. The van der Waals surface area contributed by atoms with Crippen LogP contribution in [0.1, 0.15) is 51.4 Å². The molecule has 0 bridgehead atoms. The summed E-state index contributed by atoms with van der Waals surface area (Å²) in [5.74, 6) is -0.845. The topological polar surface area (TPSA) is 80.6 Å². The highest BCUT2D eigenvalue weighted by molar-refractivity contribution is 5.88. The van der Waals surface area contributed by atoms with E-state index in [1.807, 2.05) is 49.6 Å². The van der Waals surface area contributed by atoms with Crippen LogP contribution in [-0.4, -0.2) is 33.4 Å². The predicted octanol–water partition coefficient (Wildman–Crippen LogP) is 3.67. The maximum Gasteiger partial charge on any atom is 0.407 e. The Morgan fingerprint density at radius 2 is 2.00 bits per heavy atom. The molecule has 1 amide bonds. The number of nitrogens with one attached hydrogen (secondary N) is 1. The predicted molar refractivity (Wildman–Crippen MR) is 99.5 cm³/mol. The van der Waals surface area contributed by atoms with E-state index in [9.17, 15) is 14.7 Å². The number of hydrogen-bond acceptors (Lipinski definition) is 3. The van der Waals surface area contributed by atoms with Gasteiger partial charge >= 0.3 is 12.1 Å². The molecule has 0 spiro atoms. The fourth-order valence-corrected chi connectivity index (χ4v) is 3.69. The lowest BCUT2D eigenvalue weighted by atomic mass is 9.91. The Kier molecular flexibility index (Phi) is 4.69. The quantitative estimate of drug-likeness (QED) is 0.877. The second kappa shape index (κ2) is 6.67. The van der Waals surface area contributed by atoms with Crippen molar-refractivity contribution in [3.8, 4) is 0 Å². The van der Waals surface area contributed by atoms with Gasteiger partial charge in [-0.2, -0.15) is 0 Å². The van der Waals surface area contributed by atoms with Crippen molar-refractivity contribution in [1.82, 2.24) is 9.88 Å². The minimum absolute atomic E-state index is 0.0169. The van der Waals surface area contributed by atoms with Crippen LogP contribution in [0.15, 0.2) is 24.3 Å². The first-order valence-corrected chi connectivity index (χ1v) is 9.00. The Hall–Kier alpha value is -2.50. The van der Waals surface area contributed by atoms with Crippen LogP contribution in [0.3, 0.4) is 0 Å². The minimum atomic E-state index is -0.845. The zero-order valence-corrected chi connectivity index (χ0v) is 15.7. The Morgan fingerprint density at radius 3 is 2.65 bits per heavy atom. The van der Waals surface area contributed by atoms with Gasteiger partial charge in [0, 0.05) is 22.6 Å². The van der Waals surface area contributed by atoms with Gasteiger partial charge in [-0.15, -0.1) is 0 Å². The molecular formula is C20H26N2O4. The molecule has 3 rings (SSSR count). The maximum atomic E-state index is 12.1. The molecule has 0 fully saturated rings. The molecule has 2 aromatic rings. The number of fused-ring (bicyclic) bond motifs is 3. The lowest BCUT2D eigenvalue weighted by molar-refractivity contribution is -0.140. The van der Waals surface area contributed by atoms with Crippen molar-refractivity contribution in [2.24, 2.45) is 0 Å². The first-order chi connectivity index (χ1) is 12.2. The van der Waals surface area contributed by atoms with Crippen LogP contribution < -0.4 is 5.32 Å². The Bertz CT molecular complexity index is 847. The second-order valence-electron chi connectivity index (χ2n) is 7.91. The average Bonchev–Trinajstić information content (AvgIpc) is 2.86. The normalized spacial score (nSPS) is 18.2. The third-order valence-electron chi connectivity index (χ3n) is 4.77. The van der Waals surface area contributed by atoms with Crippen LogP contribution in [0, 0.1) is 0 Å². The van der Waals surface area contributed by atoms with Crippen LogP contribution in [0.25, 0.3) is 10.9 Å². The van der Waals surface area contributed by atoms with Gasteiger partial charge in [-0.1, -0.05) is 18.2 Å². The number of carboxylic acids is 1. The highest BCUT2D eigenvalue weighted by Gasteiger charge is 2.30. The summed E-state index contributed by atoms with van der Waals surface area (Å²) in [5.41, 5.74) is 2.59. The third kappa shape index (κ3) is 3.54. The van der Waals surface area contributed by atoms with Gasteiger partial charge in [0.15, 0.2) is 0 Å². The van der Waals surface area contributed by atoms with Crippen LogP contribution >= 0.6 is 0 Å². The van der Waals surface area contributed by atoms with Crippen molar-refractivity contribution in [3.63, 3.8) is 0 Å². The highest BCUT2D eigenvalue weighted by Crippen LogP contribution is 2.34. The van der Waals surface area contributed by atoms with Crippen molar-refractivity contribution in [2.75, 3.05) is 0 Å². The fourth-order valence-electron chi connectivity index (χ4n) is 3.69. The molecule has 0 saturated heterocycles. The highest BCUT2D eigenvalue weighted by atomic mass is 16.6. The largest absolute Gasteiger partial charge is 0.480 e. The molecule has 2 atom stereocenters. The lowest BCUT2D eigenvalue weighted by Gasteiger charge is -2.27. The van der Waals surface area contributed by atoms with Crippen molar-refractivity contribution in [2.45, 2.75) is 64.6 Å². The Labute approximate surface area is 153 Å². The van der Waals surface area contributed by atoms with E-state index in [1.54, 1.807) is 6.92 Å². The van der Waals surface area contributed by atoms with Crippen molar-refractivity contribution in [3.05, 3.63) is 35.5 Å². The molecule has 1 aromatic carbocycles. The van der Waals surface area contributed by atoms with Crippen LogP contribution in [-0.2, 0) is 22.4 Å². The number of hydrogen-bond donors (Lipinski definition) is 2. The molecule has 2 unspecified atom stereocenters. The molecule has 0 radical (unpaired) electrons. The SMILES string of the molecule is CC(C(=O)O)n1c2c(c3ccccc31)CC(NC(=O)OC(C)(C)C)CC2. The van der Waals surface area contributed by atoms with Gasteiger partial charge in [-0.25, -0.2) is 9.59 Å². The van der Waals surface area contributed by atoms with E-state index in [2.05, 4.69) is 5.32 Å². The van der Waals surface area contributed by atoms with Gasteiger partial charge in [0.05, 0.1) is 0 Å². The standard InChI is InChI=1S/C20H26N2O4/c1-12(18(23)24)22-16-8-6-5-7-14(16)15-11-13(9-10-17(15)22)21-19(25)26-20(2,3)4/h5-8,12-13H,9-11H2,1-4H3,(H,21,25)(H,23,24). The van der Waals surface area contributed by atoms with Crippen LogP contribution in [0.5, 0.6) is 0 Å². The van der Waals surface area contributed by atoms with Gasteiger partial charge in [0.2, 0.25) is 0 Å². The smallest absolute Gasteiger partial charge is 0.407 e. The summed E-state index contributed by atoms with van der Waals surface area (Å²) in [7, 11) is 0. The maximum absolute atomic E-state index is 12.1. The molecule has 26 heavy (non-hydrogen) atoms. The number of nitrogens with zero attached hydrogens (tertiary/aromatic N) is 1. The average molecular weight is 358 g/mol. The number of alkyl carbamates (subject to hydrolysis) is 1. The molecule has 2 N–H and O–H groups in total. The third-order valence-corrected chi connectivity index (χ3v) is 4.77. The zero-order valence-electron chi connectivity index (χ0n) is 15.7. The molecule has 0 saturated carbocycles. The summed E-state index contributed by atoms with van der Waals surface area (Å²) in [6.45, 7) is 7.23. The van der Waals surface area contributed by atoms with Gasteiger partial charge < -0.3 is 19.7 Å². The van der Waals surface area contributed by atoms with E-state index >= 15 is 0 Å². The molecule has 1 aliphatic carbocycles. The van der Waals surface area contributed by atoms with E-state index in [4.69, 9.17) is 4.74 Å². The number of para-hydroxylation sites is 1. The molecule has 140 valence electrons. The number of ether oxygens (including phenoxy) is 1. The molecular weight excluding hydrogens is 332 g/mol. The van der Waals surface area contributed by atoms with E-state index in [-0.39, 0.29) is 6.04 Å². The monoisotopic (exact) mass is 358 g/mol. The number of rotatable bonds is 3. The van der Waals surface area contributed by atoms with Crippen molar-refractivity contribution >= 4 is 23.0 Å². The van der Waals surface area contributed by atoms with Crippen LogP contribution in [0.2, 0.25) is 0 Å². The van der Waals surface area contributed by atoms with Crippen molar-refractivity contribution in [1.29, 1.82) is 0 Å². The fraction of sp³-hybridized carbons (Fsp3) is 0.500. The number of benzene rings is 1. The number of carbonyl (C=O) groups is 2. The van der Waals surface area contributed by atoms with Crippen molar-refractivity contribution < 1.29 is 19.4 Å². The van der Waals surface area contributed by atoms with E-state index in [0.29, 0.717) is 6.42 Å². The van der Waals surface area contributed by atoms with Gasteiger partial charge in [0.1, 0.15) is 11.6 Å². The molecule has 6 heteroatoms. The summed E-state index contributed by atoms with van der Waals surface area (Å²) in [5, 5.41) is 13.5. The summed E-state index contributed by atoms with van der Waals surface area (Å²) in [4.78, 5) is 23.7. The lowest BCUT2D eigenvalue weighted by Crippen LogP contribution is -2.42. The molecule has 1 aromatic heterocycles. The first-order valence-electron chi connectivity index (χ1n) is 9.00. The molecule has 6 nitrogen and oxygen atoms in total. The number of carbonyl (C=O) groups excluding carboxylic acids is 1. The molecule has 0 aliphatic heterocycles. The number of aliphatic carboxylic acids is 1. The summed E-state index contributed by atoms with van der Waals surface area (Å²) < 4.78 is 7.29. The van der Waals surface area contributed by atoms with E-state index < -0.39 is 23.7 Å². The van der Waals surface area contributed by atoms with Gasteiger partial charge in [-0.3, -0.25) is 0 Å².